The van der Waals surface area contributed by atoms with Crippen LogP contribution >= 0.6 is 0 Å². The van der Waals surface area contributed by atoms with Gasteiger partial charge in [-0.15, -0.1) is 0 Å². The molecule has 62 valence electrons. The van der Waals surface area contributed by atoms with Crippen LogP contribution in [0.3, 0.4) is 0 Å². The standard InChI is InChI=1S/C9H8O.Cr.Mo/c1-2-6-9-8(4-1)5-3-7-10-9;;/h1-6H,7H2;;. The van der Waals surface area contributed by atoms with E-state index in [-0.39, 0.29) is 38.4 Å². The number of para-hydroxylation sites is 1. The maximum absolute atomic E-state index is 5.34. The Balaban J connectivity index is 0.000000605. The van der Waals surface area contributed by atoms with Gasteiger partial charge in [-0.2, -0.15) is 0 Å². The fourth-order valence-corrected chi connectivity index (χ4v) is 1.06. The number of benzene rings is 1. The van der Waals surface area contributed by atoms with Crippen molar-refractivity contribution in [1.82, 2.24) is 0 Å². The van der Waals surface area contributed by atoms with E-state index in [1.165, 1.54) is 5.56 Å². The summed E-state index contributed by atoms with van der Waals surface area (Å²) in [6.45, 7) is 0.705. The van der Waals surface area contributed by atoms with Gasteiger partial charge in [-0.05, 0) is 12.1 Å². The van der Waals surface area contributed by atoms with Gasteiger partial charge in [0, 0.05) is 44.0 Å². The van der Waals surface area contributed by atoms with Gasteiger partial charge in [0.1, 0.15) is 12.4 Å². The molecule has 0 saturated heterocycles. The molecule has 12 heavy (non-hydrogen) atoms. The Hall–Kier alpha value is -0.0192. The molecule has 0 saturated carbocycles. The van der Waals surface area contributed by atoms with Crippen LogP contribution in [0.4, 0.5) is 0 Å². The topological polar surface area (TPSA) is 9.23 Å². The molecule has 0 bridgehead atoms. The number of rotatable bonds is 0. The summed E-state index contributed by atoms with van der Waals surface area (Å²) in [7, 11) is 0. The minimum absolute atomic E-state index is 0. The van der Waals surface area contributed by atoms with Gasteiger partial charge in [-0.3, -0.25) is 0 Å². The van der Waals surface area contributed by atoms with Crippen molar-refractivity contribution in [1.29, 1.82) is 0 Å². The normalized spacial score (nSPS) is 11.7. The summed E-state index contributed by atoms with van der Waals surface area (Å²) in [4.78, 5) is 0. The average molecular weight is 280 g/mol. The molecule has 3 heteroatoms. The van der Waals surface area contributed by atoms with E-state index in [0.29, 0.717) is 6.61 Å². The smallest absolute Gasteiger partial charge is 0.126 e. The van der Waals surface area contributed by atoms with Crippen LogP contribution in [-0.2, 0) is 38.4 Å². The molecule has 0 aromatic heterocycles. The van der Waals surface area contributed by atoms with Gasteiger partial charge >= 0.3 is 0 Å². The van der Waals surface area contributed by atoms with Crippen molar-refractivity contribution in [3.8, 4) is 5.75 Å². The Morgan fingerprint density at radius 3 is 2.67 bits per heavy atom. The zero-order valence-corrected chi connectivity index (χ0v) is 9.68. The van der Waals surface area contributed by atoms with Crippen LogP contribution in [-0.4, -0.2) is 6.61 Å². The number of hydrogen-bond acceptors (Lipinski definition) is 1. The van der Waals surface area contributed by atoms with Gasteiger partial charge in [0.05, 0.1) is 0 Å². The van der Waals surface area contributed by atoms with E-state index in [2.05, 4.69) is 6.08 Å². The summed E-state index contributed by atoms with van der Waals surface area (Å²) >= 11 is 0. The first-order valence-electron chi connectivity index (χ1n) is 3.35. The minimum atomic E-state index is 0. The van der Waals surface area contributed by atoms with Crippen LogP contribution in [0.15, 0.2) is 30.3 Å². The van der Waals surface area contributed by atoms with Crippen molar-refractivity contribution in [2.75, 3.05) is 6.61 Å². The minimum Gasteiger partial charge on any atom is -0.489 e. The van der Waals surface area contributed by atoms with E-state index >= 15 is 0 Å². The molecule has 0 N–H and O–H groups in total. The summed E-state index contributed by atoms with van der Waals surface area (Å²) in [5, 5.41) is 0. The largest absolute Gasteiger partial charge is 0.489 e. The molecule has 1 nitrogen and oxygen atoms in total. The molecule has 0 fully saturated rings. The second-order valence-corrected chi connectivity index (χ2v) is 2.25. The van der Waals surface area contributed by atoms with Crippen molar-refractivity contribution >= 4 is 6.08 Å². The van der Waals surface area contributed by atoms with Crippen molar-refractivity contribution in [2.24, 2.45) is 0 Å². The predicted octanol–water partition coefficient (Wildman–Crippen LogP) is 2.09. The molecule has 1 heterocycles. The fraction of sp³-hybridized carbons (Fsp3) is 0.111. The second-order valence-electron chi connectivity index (χ2n) is 2.25. The van der Waals surface area contributed by atoms with Crippen molar-refractivity contribution < 1.29 is 43.2 Å². The summed E-state index contributed by atoms with van der Waals surface area (Å²) in [6, 6.07) is 8.03. The third-order valence-electron chi connectivity index (χ3n) is 1.55. The molecular formula is C9H8CrMoO. The van der Waals surface area contributed by atoms with Crippen molar-refractivity contribution in [2.45, 2.75) is 0 Å². The van der Waals surface area contributed by atoms with Gasteiger partial charge in [0.2, 0.25) is 0 Å². The molecular weight excluding hydrogens is 272 g/mol. The Labute approximate surface area is 97.2 Å². The molecule has 0 spiro atoms. The average Bonchev–Trinajstić information content (AvgIpc) is 2.05. The quantitative estimate of drug-likeness (QED) is 0.661. The Kier molecular flexibility index (Phi) is 5.59. The third kappa shape index (κ3) is 2.49. The van der Waals surface area contributed by atoms with Gasteiger partial charge in [-0.25, -0.2) is 0 Å². The third-order valence-corrected chi connectivity index (χ3v) is 1.55. The summed E-state index contributed by atoms with van der Waals surface area (Å²) < 4.78 is 5.34. The van der Waals surface area contributed by atoms with Crippen LogP contribution in [0.5, 0.6) is 5.75 Å². The molecule has 0 atom stereocenters. The SMILES string of the molecule is C1=Cc2ccccc2OC1.[Cr].[Mo]. The van der Waals surface area contributed by atoms with Crippen LogP contribution in [0, 0.1) is 0 Å². The maximum atomic E-state index is 5.34. The summed E-state index contributed by atoms with van der Waals surface area (Å²) in [6.07, 6.45) is 4.10. The molecule has 1 aromatic rings. The number of ether oxygens (including phenoxy) is 1. The predicted molar refractivity (Wildman–Crippen MR) is 41.0 cm³/mol. The molecule has 1 aliphatic rings. The van der Waals surface area contributed by atoms with Crippen LogP contribution < -0.4 is 4.74 Å². The van der Waals surface area contributed by atoms with E-state index in [1.54, 1.807) is 0 Å². The van der Waals surface area contributed by atoms with E-state index in [1.807, 2.05) is 30.3 Å². The van der Waals surface area contributed by atoms with Gasteiger partial charge in [0.15, 0.2) is 0 Å². The first kappa shape index (κ1) is 12.0. The van der Waals surface area contributed by atoms with E-state index < -0.39 is 0 Å². The van der Waals surface area contributed by atoms with Crippen molar-refractivity contribution in [3.63, 3.8) is 0 Å². The molecule has 0 radical (unpaired) electrons. The fourth-order valence-electron chi connectivity index (χ4n) is 1.06. The Morgan fingerprint density at radius 1 is 1.17 bits per heavy atom. The molecule has 0 amide bonds. The van der Waals surface area contributed by atoms with E-state index in [9.17, 15) is 0 Å². The monoisotopic (exact) mass is 282 g/mol. The summed E-state index contributed by atoms with van der Waals surface area (Å²) in [5.74, 6) is 0.991. The zero-order valence-electron chi connectivity index (χ0n) is 6.40. The van der Waals surface area contributed by atoms with Crippen LogP contribution in [0.25, 0.3) is 6.08 Å². The first-order chi connectivity index (χ1) is 4.97. The Bertz CT molecular complexity index is 273. The molecule has 2 rings (SSSR count). The molecule has 1 aliphatic heterocycles. The molecule has 1 aromatic carbocycles. The van der Waals surface area contributed by atoms with Gasteiger partial charge < -0.3 is 4.74 Å². The van der Waals surface area contributed by atoms with E-state index in [4.69, 9.17) is 4.74 Å². The number of hydrogen-bond donors (Lipinski definition) is 0. The Morgan fingerprint density at radius 2 is 1.92 bits per heavy atom. The maximum Gasteiger partial charge on any atom is 0.126 e. The zero-order chi connectivity index (χ0) is 6.81. The van der Waals surface area contributed by atoms with Crippen LogP contribution in [0.1, 0.15) is 5.56 Å². The second kappa shape index (κ2) is 5.60. The van der Waals surface area contributed by atoms with Gasteiger partial charge in [-0.1, -0.05) is 24.3 Å². The first-order valence-corrected chi connectivity index (χ1v) is 3.35. The number of fused-ring (bicyclic) bond motifs is 1. The van der Waals surface area contributed by atoms with Crippen molar-refractivity contribution in [3.05, 3.63) is 35.9 Å². The molecule has 0 unspecified atom stereocenters. The summed E-state index contributed by atoms with van der Waals surface area (Å²) in [5.41, 5.74) is 1.17. The molecule has 0 aliphatic carbocycles. The van der Waals surface area contributed by atoms with Crippen LogP contribution in [0.2, 0.25) is 0 Å². The van der Waals surface area contributed by atoms with Gasteiger partial charge in [0.25, 0.3) is 0 Å². The van der Waals surface area contributed by atoms with E-state index in [0.717, 1.165) is 5.75 Å².